The van der Waals surface area contributed by atoms with Gasteiger partial charge in [-0.15, -0.1) is 11.8 Å². The molecular weight excluding hydrogens is 370 g/mol. The van der Waals surface area contributed by atoms with Crippen LogP contribution in [0.25, 0.3) is 0 Å². The van der Waals surface area contributed by atoms with Crippen LogP contribution in [-0.2, 0) is 4.79 Å². The molecule has 3 rings (SSSR count). The first-order valence-electron chi connectivity index (χ1n) is 8.92. The average Bonchev–Trinajstić information content (AvgIpc) is 2.74. The Morgan fingerprint density at radius 3 is 2.07 bits per heavy atom. The van der Waals surface area contributed by atoms with Crippen LogP contribution in [0.1, 0.15) is 16.4 Å². The predicted molar refractivity (Wildman–Crippen MR) is 114 cm³/mol. The number of amides is 1. The molecule has 0 aliphatic heterocycles. The molecule has 0 saturated carbocycles. The molecule has 3 aromatic rings. The van der Waals surface area contributed by atoms with Crippen LogP contribution in [-0.4, -0.2) is 20.1 Å². The molecule has 28 heavy (non-hydrogen) atoms. The summed E-state index contributed by atoms with van der Waals surface area (Å²) < 4.78 is 10.7. The van der Waals surface area contributed by atoms with E-state index in [-0.39, 0.29) is 11.2 Å². The van der Waals surface area contributed by atoms with Crippen LogP contribution in [0, 0.1) is 6.92 Å². The number of nitrogens with one attached hydrogen (secondary N) is 1. The van der Waals surface area contributed by atoms with Gasteiger partial charge in [0.05, 0.1) is 14.2 Å². The molecule has 0 fully saturated rings. The molecule has 3 aromatic carbocycles. The van der Waals surface area contributed by atoms with Crippen molar-refractivity contribution in [3.63, 3.8) is 0 Å². The number of thioether (sulfide) groups is 1. The van der Waals surface area contributed by atoms with Gasteiger partial charge in [-0.1, -0.05) is 48.5 Å². The van der Waals surface area contributed by atoms with Gasteiger partial charge in [0.25, 0.3) is 0 Å². The molecule has 4 nitrogen and oxygen atoms in total. The molecule has 1 unspecified atom stereocenters. The van der Waals surface area contributed by atoms with Crippen LogP contribution in [0.15, 0.2) is 77.7 Å². The zero-order chi connectivity index (χ0) is 19.9. The topological polar surface area (TPSA) is 47.6 Å². The molecule has 0 aromatic heterocycles. The molecule has 5 heteroatoms. The van der Waals surface area contributed by atoms with Crippen molar-refractivity contribution < 1.29 is 14.3 Å². The molecule has 144 valence electrons. The van der Waals surface area contributed by atoms with Gasteiger partial charge in [0.2, 0.25) is 5.91 Å². The van der Waals surface area contributed by atoms with Crippen LogP contribution in [0.2, 0.25) is 0 Å². The minimum Gasteiger partial charge on any atom is -0.493 e. The van der Waals surface area contributed by atoms with E-state index in [0.29, 0.717) is 17.2 Å². The van der Waals surface area contributed by atoms with Crippen LogP contribution < -0.4 is 14.8 Å². The summed E-state index contributed by atoms with van der Waals surface area (Å²) in [6, 6.07) is 23.4. The third kappa shape index (κ3) is 4.67. The second kappa shape index (κ2) is 9.33. The van der Waals surface area contributed by atoms with Crippen molar-refractivity contribution in [1.82, 2.24) is 0 Å². The number of aryl methyl sites for hydroxylation is 1. The second-order valence-electron chi connectivity index (χ2n) is 6.23. The minimum absolute atomic E-state index is 0.0876. The molecule has 0 aliphatic carbocycles. The van der Waals surface area contributed by atoms with E-state index in [1.165, 1.54) is 11.8 Å². The van der Waals surface area contributed by atoms with Crippen molar-refractivity contribution in [3.8, 4) is 11.5 Å². The zero-order valence-electron chi connectivity index (χ0n) is 16.1. The maximum atomic E-state index is 13.2. The Morgan fingerprint density at radius 2 is 1.46 bits per heavy atom. The van der Waals surface area contributed by atoms with Gasteiger partial charge < -0.3 is 14.8 Å². The Bertz CT molecular complexity index is 929. The molecule has 0 radical (unpaired) electrons. The summed E-state index contributed by atoms with van der Waals surface area (Å²) in [5.74, 6) is 1.13. The van der Waals surface area contributed by atoms with Gasteiger partial charge in [-0.05, 0) is 36.2 Å². The molecule has 0 bridgehead atoms. The van der Waals surface area contributed by atoms with Crippen LogP contribution >= 0.6 is 11.8 Å². The first-order chi connectivity index (χ1) is 13.6. The number of benzene rings is 3. The van der Waals surface area contributed by atoms with Crippen molar-refractivity contribution in [3.05, 3.63) is 83.9 Å². The fourth-order valence-corrected chi connectivity index (χ4v) is 3.90. The summed E-state index contributed by atoms with van der Waals surface area (Å²) in [7, 11) is 3.17. The number of rotatable bonds is 7. The largest absolute Gasteiger partial charge is 0.493 e. The van der Waals surface area contributed by atoms with Gasteiger partial charge >= 0.3 is 0 Å². The van der Waals surface area contributed by atoms with Crippen molar-refractivity contribution in [1.29, 1.82) is 0 Å². The number of hydrogen-bond donors (Lipinski definition) is 1. The summed E-state index contributed by atoms with van der Waals surface area (Å²) >= 11 is 1.52. The SMILES string of the molecule is COc1cc(C)c(NC(=O)C(Sc2ccccc2)c2ccccc2)cc1OC. The molecule has 0 heterocycles. The van der Waals surface area contributed by atoms with Crippen molar-refractivity contribution >= 4 is 23.4 Å². The Morgan fingerprint density at radius 1 is 0.893 bits per heavy atom. The molecule has 0 saturated heterocycles. The third-order valence-electron chi connectivity index (χ3n) is 4.33. The maximum absolute atomic E-state index is 13.2. The average molecular weight is 394 g/mol. The number of carbonyl (C=O) groups is 1. The molecule has 0 spiro atoms. The van der Waals surface area contributed by atoms with Crippen molar-refractivity contribution in [2.24, 2.45) is 0 Å². The predicted octanol–water partition coefficient (Wildman–Crippen LogP) is 5.48. The van der Waals surface area contributed by atoms with E-state index >= 15 is 0 Å². The summed E-state index contributed by atoms with van der Waals surface area (Å²) in [4.78, 5) is 14.3. The first kappa shape index (κ1) is 19.8. The second-order valence-corrected chi connectivity index (χ2v) is 7.41. The smallest absolute Gasteiger partial charge is 0.242 e. The lowest BCUT2D eigenvalue weighted by Gasteiger charge is -2.19. The molecule has 1 N–H and O–H groups in total. The molecular formula is C23H23NO3S. The van der Waals surface area contributed by atoms with Gasteiger partial charge in [0.1, 0.15) is 5.25 Å². The lowest BCUT2D eigenvalue weighted by Crippen LogP contribution is -2.19. The quantitative estimate of drug-likeness (QED) is 0.540. The highest BCUT2D eigenvalue weighted by Gasteiger charge is 2.23. The van der Waals surface area contributed by atoms with Gasteiger partial charge in [0, 0.05) is 16.6 Å². The summed E-state index contributed by atoms with van der Waals surface area (Å²) in [5, 5.41) is 2.68. The Labute approximate surface area is 169 Å². The Hall–Kier alpha value is -2.92. The molecule has 1 atom stereocenters. The van der Waals surface area contributed by atoms with Gasteiger partial charge in [-0.2, -0.15) is 0 Å². The van der Waals surface area contributed by atoms with E-state index in [1.54, 1.807) is 20.3 Å². The molecule has 0 aliphatic rings. The normalized spacial score (nSPS) is 11.5. The van der Waals surface area contributed by atoms with E-state index in [4.69, 9.17) is 9.47 Å². The number of carbonyl (C=O) groups excluding carboxylic acids is 1. The fourth-order valence-electron chi connectivity index (χ4n) is 2.85. The number of hydrogen-bond acceptors (Lipinski definition) is 4. The highest BCUT2D eigenvalue weighted by Crippen LogP contribution is 2.38. The summed E-state index contributed by atoms with van der Waals surface area (Å²) in [6.45, 7) is 1.93. The molecule has 1 amide bonds. The van der Waals surface area contributed by atoms with E-state index in [0.717, 1.165) is 16.0 Å². The lowest BCUT2D eigenvalue weighted by atomic mass is 10.1. The minimum atomic E-state index is -0.379. The third-order valence-corrected chi connectivity index (χ3v) is 5.59. The van der Waals surface area contributed by atoms with Crippen LogP contribution in [0.4, 0.5) is 5.69 Å². The monoisotopic (exact) mass is 393 g/mol. The zero-order valence-corrected chi connectivity index (χ0v) is 17.0. The van der Waals surface area contributed by atoms with E-state index in [1.807, 2.05) is 73.7 Å². The lowest BCUT2D eigenvalue weighted by molar-refractivity contribution is -0.115. The van der Waals surface area contributed by atoms with E-state index in [2.05, 4.69) is 5.32 Å². The summed E-state index contributed by atoms with van der Waals surface area (Å²) in [6.07, 6.45) is 0. The van der Waals surface area contributed by atoms with Gasteiger partial charge in [-0.25, -0.2) is 0 Å². The van der Waals surface area contributed by atoms with Crippen molar-refractivity contribution in [2.75, 3.05) is 19.5 Å². The highest BCUT2D eigenvalue weighted by atomic mass is 32.2. The highest BCUT2D eigenvalue weighted by molar-refractivity contribution is 8.00. The Kier molecular flexibility index (Phi) is 6.61. The number of methoxy groups -OCH3 is 2. The van der Waals surface area contributed by atoms with Crippen molar-refractivity contribution in [2.45, 2.75) is 17.1 Å². The number of ether oxygens (including phenoxy) is 2. The summed E-state index contributed by atoms with van der Waals surface area (Å²) in [5.41, 5.74) is 2.56. The van der Waals surface area contributed by atoms with Crippen LogP contribution in [0.5, 0.6) is 11.5 Å². The fraction of sp³-hybridized carbons (Fsp3) is 0.174. The first-order valence-corrected chi connectivity index (χ1v) is 9.80. The standard InChI is InChI=1S/C23H23NO3S/c1-16-14-20(26-2)21(27-3)15-19(16)24-23(25)22(17-10-6-4-7-11-17)28-18-12-8-5-9-13-18/h4-15,22H,1-3H3,(H,24,25). The maximum Gasteiger partial charge on any atom is 0.242 e. The van der Waals surface area contributed by atoms with E-state index in [9.17, 15) is 4.79 Å². The van der Waals surface area contributed by atoms with Crippen LogP contribution in [0.3, 0.4) is 0 Å². The Balaban J connectivity index is 1.90. The number of anilines is 1. The van der Waals surface area contributed by atoms with Gasteiger partial charge in [-0.3, -0.25) is 4.79 Å². The van der Waals surface area contributed by atoms with Gasteiger partial charge in [0.15, 0.2) is 11.5 Å². The van der Waals surface area contributed by atoms with E-state index < -0.39 is 0 Å².